The first-order valence-electron chi connectivity index (χ1n) is 9.68. The van der Waals surface area contributed by atoms with E-state index in [-0.39, 0.29) is 0 Å². The van der Waals surface area contributed by atoms with E-state index in [0.717, 1.165) is 61.2 Å². The Morgan fingerprint density at radius 2 is 2.00 bits per heavy atom. The van der Waals surface area contributed by atoms with Crippen LogP contribution in [0.1, 0.15) is 18.1 Å². The molecule has 2 heterocycles. The van der Waals surface area contributed by atoms with Crippen molar-refractivity contribution >= 4 is 27.7 Å². The van der Waals surface area contributed by atoms with E-state index in [9.17, 15) is 0 Å². The Morgan fingerprint density at radius 1 is 1.25 bits per heavy atom. The van der Waals surface area contributed by atoms with Crippen LogP contribution in [-0.2, 0) is 17.8 Å². The number of guanidine groups is 1. The molecule has 1 aliphatic rings. The molecule has 28 heavy (non-hydrogen) atoms. The highest BCUT2D eigenvalue weighted by Gasteiger charge is 2.16. The van der Waals surface area contributed by atoms with Gasteiger partial charge in [-0.3, -0.25) is 0 Å². The Balaban J connectivity index is 1.72. The number of pyridine rings is 1. The van der Waals surface area contributed by atoms with Gasteiger partial charge in [-0.25, -0.2) is 9.98 Å². The third kappa shape index (κ3) is 5.69. The lowest BCUT2D eigenvalue weighted by Crippen LogP contribution is -2.39. The lowest BCUT2D eigenvalue weighted by Gasteiger charge is -2.29. The van der Waals surface area contributed by atoms with Crippen molar-refractivity contribution in [2.24, 2.45) is 4.99 Å². The monoisotopic (exact) mass is 445 g/mol. The van der Waals surface area contributed by atoms with Crippen molar-refractivity contribution in [3.8, 4) is 0 Å². The van der Waals surface area contributed by atoms with Crippen LogP contribution in [0.25, 0.3) is 0 Å². The molecule has 150 valence electrons. The van der Waals surface area contributed by atoms with Crippen LogP contribution in [0.15, 0.2) is 52.1 Å². The van der Waals surface area contributed by atoms with Gasteiger partial charge in [0.2, 0.25) is 0 Å². The van der Waals surface area contributed by atoms with Gasteiger partial charge in [0, 0.05) is 49.5 Å². The number of aromatic nitrogens is 1. The van der Waals surface area contributed by atoms with Crippen LogP contribution >= 0.6 is 15.9 Å². The molecule has 6 nitrogen and oxygen atoms in total. The summed E-state index contributed by atoms with van der Waals surface area (Å²) in [5, 5.41) is 3.40. The first kappa shape index (κ1) is 20.6. The predicted molar refractivity (Wildman–Crippen MR) is 118 cm³/mol. The Bertz CT molecular complexity index is 775. The molecule has 0 spiro atoms. The number of benzene rings is 1. The summed E-state index contributed by atoms with van der Waals surface area (Å²) in [6, 6.07) is 12.5. The summed E-state index contributed by atoms with van der Waals surface area (Å²) in [4.78, 5) is 13.9. The Labute approximate surface area is 175 Å². The summed E-state index contributed by atoms with van der Waals surface area (Å²) in [5.74, 6) is 1.91. The van der Waals surface area contributed by atoms with Crippen molar-refractivity contribution in [3.63, 3.8) is 0 Å². The fourth-order valence-electron chi connectivity index (χ4n) is 3.18. The second-order valence-corrected chi connectivity index (χ2v) is 7.65. The van der Waals surface area contributed by atoms with Crippen LogP contribution in [0.4, 0.5) is 5.82 Å². The van der Waals surface area contributed by atoms with Crippen LogP contribution in [0.2, 0.25) is 0 Å². The van der Waals surface area contributed by atoms with E-state index in [0.29, 0.717) is 6.54 Å². The summed E-state index contributed by atoms with van der Waals surface area (Å²) in [6.07, 6.45) is 1.85. The smallest absolute Gasteiger partial charge is 0.194 e. The fourth-order valence-corrected chi connectivity index (χ4v) is 3.45. The fraction of sp³-hybridized carbons (Fsp3) is 0.429. The van der Waals surface area contributed by atoms with Gasteiger partial charge in [0.15, 0.2) is 5.96 Å². The number of hydrogen-bond donors (Lipinski definition) is 1. The molecule has 0 bridgehead atoms. The van der Waals surface area contributed by atoms with Gasteiger partial charge in [0.1, 0.15) is 5.82 Å². The number of ether oxygens (including phenoxy) is 1. The molecule has 1 N–H and O–H groups in total. The largest absolute Gasteiger partial charge is 0.378 e. The second kappa shape index (κ2) is 10.4. The minimum Gasteiger partial charge on any atom is -0.378 e. The van der Waals surface area contributed by atoms with Crippen LogP contribution in [0.3, 0.4) is 0 Å². The van der Waals surface area contributed by atoms with Crippen LogP contribution in [-0.4, -0.2) is 55.7 Å². The second-order valence-electron chi connectivity index (χ2n) is 6.74. The van der Waals surface area contributed by atoms with Crippen molar-refractivity contribution in [2.75, 3.05) is 44.8 Å². The van der Waals surface area contributed by atoms with Gasteiger partial charge in [-0.2, -0.15) is 0 Å². The van der Waals surface area contributed by atoms with Crippen LogP contribution in [0, 0.1) is 0 Å². The number of nitrogens with zero attached hydrogens (tertiary/aromatic N) is 4. The highest BCUT2D eigenvalue weighted by Crippen LogP contribution is 2.19. The first-order valence-corrected chi connectivity index (χ1v) is 10.5. The number of morpholine rings is 1. The third-order valence-corrected chi connectivity index (χ3v) is 5.14. The van der Waals surface area contributed by atoms with Gasteiger partial charge in [-0.05, 0) is 30.7 Å². The van der Waals surface area contributed by atoms with E-state index in [4.69, 9.17) is 9.73 Å². The molecule has 0 saturated carbocycles. The van der Waals surface area contributed by atoms with Crippen molar-refractivity contribution in [1.82, 2.24) is 15.2 Å². The van der Waals surface area contributed by atoms with Crippen molar-refractivity contribution in [1.29, 1.82) is 0 Å². The predicted octanol–water partition coefficient (Wildman–Crippen LogP) is 3.28. The zero-order valence-electron chi connectivity index (χ0n) is 16.6. The van der Waals surface area contributed by atoms with Gasteiger partial charge in [-0.1, -0.05) is 34.1 Å². The molecule has 0 unspecified atom stereocenters. The van der Waals surface area contributed by atoms with Gasteiger partial charge in [-0.15, -0.1) is 0 Å². The molecule has 3 rings (SSSR count). The lowest BCUT2D eigenvalue weighted by atomic mass is 10.2. The van der Waals surface area contributed by atoms with E-state index < -0.39 is 0 Å². The maximum absolute atomic E-state index is 5.47. The van der Waals surface area contributed by atoms with E-state index >= 15 is 0 Å². The molecular weight excluding hydrogens is 418 g/mol. The van der Waals surface area contributed by atoms with E-state index in [1.807, 2.05) is 12.3 Å². The van der Waals surface area contributed by atoms with E-state index in [2.05, 4.69) is 80.3 Å². The zero-order chi connectivity index (χ0) is 19.8. The third-order valence-electron chi connectivity index (χ3n) is 4.61. The standard InChI is InChI=1S/C21H28BrN5O/c1-3-23-21(26(2)16-17-6-8-19(22)9-7-17)25-15-18-5-4-10-24-20(18)27-11-13-28-14-12-27/h4-10H,3,11-16H2,1-2H3,(H,23,25). The molecule has 1 saturated heterocycles. The van der Waals surface area contributed by atoms with Crippen LogP contribution in [0.5, 0.6) is 0 Å². The molecule has 0 amide bonds. The highest BCUT2D eigenvalue weighted by atomic mass is 79.9. The normalized spacial score (nSPS) is 14.8. The Morgan fingerprint density at radius 3 is 2.71 bits per heavy atom. The minimum atomic E-state index is 0.591. The molecule has 1 fully saturated rings. The number of rotatable bonds is 6. The molecule has 0 radical (unpaired) electrons. The van der Waals surface area contributed by atoms with Gasteiger partial charge < -0.3 is 19.9 Å². The number of hydrogen-bond acceptors (Lipinski definition) is 4. The van der Waals surface area contributed by atoms with Gasteiger partial charge >= 0.3 is 0 Å². The Kier molecular flexibility index (Phi) is 7.68. The number of halogens is 1. The Hall–Kier alpha value is -2.12. The topological polar surface area (TPSA) is 53.0 Å². The summed E-state index contributed by atoms with van der Waals surface area (Å²) >= 11 is 3.49. The molecule has 0 aliphatic carbocycles. The van der Waals surface area contributed by atoms with Gasteiger partial charge in [0.05, 0.1) is 19.8 Å². The molecule has 1 aromatic heterocycles. The molecule has 7 heteroatoms. The maximum Gasteiger partial charge on any atom is 0.194 e. The number of nitrogens with one attached hydrogen (secondary N) is 1. The first-order chi connectivity index (χ1) is 13.7. The molecular formula is C21H28BrN5O. The van der Waals surface area contributed by atoms with Crippen molar-refractivity contribution < 1.29 is 4.74 Å². The quantitative estimate of drug-likeness (QED) is 0.545. The number of aliphatic imine (C=N–C) groups is 1. The average molecular weight is 446 g/mol. The van der Waals surface area contributed by atoms with Crippen LogP contribution < -0.4 is 10.2 Å². The summed E-state index contributed by atoms with van der Waals surface area (Å²) in [7, 11) is 2.07. The SMILES string of the molecule is CCNC(=NCc1cccnc1N1CCOCC1)N(C)Cc1ccc(Br)cc1. The zero-order valence-corrected chi connectivity index (χ0v) is 18.2. The summed E-state index contributed by atoms with van der Waals surface area (Å²) in [6.45, 7) is 7.54. The van der Waals surface area contributed by atoms with Crippen molar-refractivity contribution in [3.05, 3.63) is 58.2 Å². The lowest BCUT2D eigenvalue weighted by molar-refractivity contribution is 0.122. The molecule has 1 aliphatic heterocycles. The van der Waals surface area contributed by atoms with E-state index in [1.165, 1.54) is 5.56 Å². The highest BCUT2D eigenvalue weighted by molar-refractivity contribution is 9.10. The molecule has 1 aromatic carbocycles. The summed E-state index contributed by atoms with van der Waals surface area (Å²) in [5.41, 5.74) is 2.38. The van der Waals surface area contributed by atoms with E-state index in [1.54, 1.807) is 0 Å². The molecule has 2 aromatic rings. The number of anilines is 1. The summed E-state index contributed by atoms with van der Waals surface area (Å²) < 4.78 is 6.56. The van der Waals surface area contributed by atoms with Crippen molar-refractivity contribution in [2.45, 2.75) is 20.0 Å². The van der Waals surface area contributed by atoms with Gasteiger partial charge in [0.25, 0.3) is 0 Å². The maximum atomic E-state index is 5.47. The minimum absolute atomic E-state index is 0.591. The molecule has 0 atom stereocenters. The average Bonchev–Trinajstić information content (AvgIpc) is 2.73.